The van der Waals surface area contributed by atoms with Crippen LogP contribution in [0.4, 0.5) is 0 Å². The van der Waals surface area contributed by atoms with E-state index in [4.69, 9.17) is 22.8 Å². The zero-order chi connectivity index (χ0) is 33.2. The van der Waals surface area contributed by atoms with Gasteiger partial charge in [-0.15, -0.1) is 0 Å². The van der Waals surface area contributed by atoms with Gasteiger partial charge in [0.2, 0.25) is 0 Å². The summed E-state index contributed by atoms with van der Waals surface area (Å²) in [5.41, 5.74) is 2.76. The zero-order valence-electron chi connectivity index (χ0n) is 27.3. The van der Waals surface area contributed by atoms with Crippen molar-refractivity contribution in [2.24, 2.45) is 0 Å². The van der Waals surface area contributed by atoms with Crippen LogP contribution in [0.15, 0.2) is 121 Å². The summed E-state index contributed by atoms with van der Waals surface area (Å²) in [4.78, 5) is 13.7. The predicted octanol–water partition coefficient (Wildman–Crippen LogP) is 9.92. The van der Waals surface area contributed by atoms with Gasteiger partial charge in [-0.05, 0) is 61.2 Å². The molecule has 248 valence electrons. The molecule has 1 saturated carbocycles. The predicted molar refractivity (Wildman–Crippen MR) is 188 cm³/mol. The van der Waals surface area contributed by atoms with Crippen molar-refractivity contribution in [3.63, 3.8) is 0 Å². The molecule has 0 aromatic heterocycles. The average molecular weight is 675 g/mol. The van der Waals surface area contributed by atoms with Gasteiger partial charge in [0.05, 0.1) is 32.8 Å². The number of benzene rings is 4. The van der Waals surface area contributed by atoms with Crippen LogP contribution in [0.3, 0.4) is 0 Å². The molecular weight excluding hydrogens is 630 g/mol. The van der Waals surface area contributed by atoms with Crippen molar-refractivity contribution in [2.75, 3.05) is 0 Å². The van der Waals surface area contributed by atoms with Gasteiger partial charge in [-0.2, -0.15) is 0 Å². The largest absolute Gasteiger partial charge is 0.460 e. The number of esters is 1. The first-order valence-electron chi connectivity index (χ1n) is 15.9. The van der Waals surface area contributed by atoms with Gasteiger partial charge in [0, 0.05) is 0 Å². The monoisotopic (exact) mass is 674 g/mol. The van der Waals surface area contributed by atoms with Crippen molar-refractivity contribution in [2.45, 2.75) is 77.5 Å². The van der Waals surface area contributed by atoms with Gasteiger partial charge in [0.1, 0.15) is 18.3 Å². The summed E-state index contributed by atoms with van der Waals surface area (Å²) in [6.07, 6.45) is 1.21. The highest BCUT2D eigenvalue weighted by Crippen LogP contribution is 2.75. The van der Waals surface area contributed by atoms with E-state index >= 15 is 4.57 Å². The second-order valence-corrected chi connectivity index (χ2v) is 18.1. The van der Waals surface area contributed by atoms with Crippen molar-refractivity contribution < 1.29 is 32.2 Å². The third kappa shape index (κ3) is 10.4. The van der Waals surface area contributed by atoms with Crippen LogP contribution in [-0.4, -0.2) is 22.3 Å². The molecule has 5 rings (SSSR count). The van der Waals surface area contributed by atoms with Crippen LogP contribution in [-0.2, 0) is 58.6 Å². The van der Waals surface area contributed by atoms with Crippen molar-refractivity contribution in [3.05, 3.63) is 144 Å². The van der Waals surface area contributed by atoms with Crippen molar-refractivity contribution in [3.8, 4) is 0 Å². The molecule has 1 fully saturated rings. The minimum atomic E-state index is -4.18. The van der Waals surface area contributed by atoms with Crippen molar-refractivity contribution in [1.29, 1.82) is 0 Å². The highest BCUT2D eigenvalue weighted by atomic mass is 31.2. The Labute approximate surface area is 278 Å². The fraction of sp³-hybridized carbons (Fsp3) is 0.316. The van der Waals surface area contributed by atoms with Crippen LogP contribution in [0, 0.1) is 0 Å². The summed E-state index contributed by atoms with van der Waals surface area (Å²) < 4.78 is 48.0. The lowest BCUT2D eigenvalue weighted by molar-refractivity contribution is -0.154. The lowest BCUT2D eigenvalue weighted by Gasteiger charge is -2.37. The number of carbonyl (C=O) groups is 1. The first-order valence-corrected chi connectivity index (χ1v) is 19.3. The van der Waals surface area contributed by atoms with E-state index in [1.54, 1.807) is 0 Å². The summed E-state index contributed by atoms with van der Waals surface area (Å²) in [5.74, 6) is -0.522. The van der Waals surface area contributed by atoms with Crippen LogP contribution < -0.4 is 0 Å². The maximum atomic E-state index is 15.6. The normalized spacial score (nSPS) is 14.1. The van der Waals surface area contributed by atoms with Crippen LogP contribution in [0.5, 0.6) is 0 Å². The minimum Gasteiger partial charge on any atom is -0.460 e. The summed E-state index contributed by atoms with van der Waals surface area (Å²) in [6, 6.07) is 38.6. The number of hydrogen-bond donors (Lipinski definition) is 0. The van der Waals surface area contributed by atoms with Crippen molar-refractivity contribution in [1.82, 2.24) is 0 Å². The van der Waals surface area contributed by atoms with Gasteiger partial charge in [-0.3, -0.25) is 9.36 Å². The Hall–Kier alpha value is -3.28. The third-order valence-electron chi connectivity index (χ3n) is 7.48. The molecule has 1 aliphatic carbocycles. The standard InChI is InChI=1S/C38H44O7P2/c1-38(2,3)45-36(39)26-37(47(40,43-29-33-20-12-6-13-21-33)44-30-34-22-14-7-15-23-34)46(35-24-25-35,41-27-31-16-8-4-9-17-31)42-28-32-18-10-5-11-19-32/h4-23,37H,24-30H2,1-3H3. The SMILES string of the molecule is CC(C)(C)OC(=O)CC(P(=O)(OCc1ccccc1)OCc1ccccc1)P(OCc1ccccc1)(OCc1ccccc1)=C1CC1. The molecule has 1 unspecified atom stereocenters. The summed E-state index contributed by atoms with van der Waals surface area (Å²) >= 11 is 0. The van der Waals surface area contributed by atoms with E-state index in [0.29, 0.717) is 0 Å². The molecule has 4 aromatic carbocycles. The molecular formula is C38H44O7P2. The molecule has 0 spiro atoms. The molecule has 0 heterocycles. The molecule has 0 radical (unpaired) electrons. The van der Waals surface area contributed by atoms with E-state index < -0.39 is 31.9 Å². The lowest BCUT2D eigenvalue weighted by atomic mass is 10.2. The third-order valence-corrected chi connectivity index (χ3v) is 14.5. The fourth-order valence-electron chi connectivity index (χ4n) is 5.10. The Morgan fingerprint density at radius 3 is 1.26 bits per heavy atom. The Kier molecular flexibility index (Phi) is 12.1. The number of rotatable bonds is 16. The van der Waals surface area contributed by atoms with Gasteiger partial charge in [-0.1, -0.05) is 121 Å². The molecule has 0 bridgehead atoms. The van der Waals surface area contributed by atoms with Gasteiger partial charge in [0.15, 0.2) is 0 Å². The Morgan fingerprint density at radius 2 is 0.936 bits per heavy atom. The average Bonchev–Trinajstić information content (AvgIpc) is 3.93. The number of hydrogen-bond acceptors (Lipinski definition) is 7. The fourth-order valence-corrected chi connectivity index (χ4v) is 12.3. The van der Waals surface area contributed by atoms with E-state index in [1.165, 1.54) is 0 Å². The minimum absolute atomic E-state index is 0.0183. The lowest BCUT2D eigenvalue weighted by Crippen LogP contribution is -2.28. The molecule has 47 heavy (non-hydrogen) atoms. The highest BCUT2D eigenvalue weighted by Gasteiger charge is 2.52. The Morgan fingerprint density at radius 1 is 0.596 bits per heavy atom. The molecule has 0 aliphatic heterocycles. The van der Waals surface area contributed by atoms with Gasteiger partial charge in [0.25, 0.3) is 0 Å². The summed E-state index contributed by atoms with van der Waals surface area (Å²) in [7, 11) is -7.46. The maximum absolute atomic E-state index is 15.6. The summed E-state index contributed by atoms with van der Waals surface area (Å²) in [5, 5.41) is -0.0630. The van der Waals surface area contributed by atoms with Crippen LogP contribution in [0.1, 0.15) is 62.3 Å². The molecule has 0 N–H and O–H groups in total. The molecule has 4 aromatic rings. The van der Waals surface area contributed by atoms with Gasteiger partial charge >= 0.3 is 13.6 Å². The first-order chi connectivity index (χ1) is 22.7. The quantitative estimate of drug-likeness (QED) is 0.0865. The molecule has 1 aliphatic rings. The molecule has 1 atom stereocenters. The second kappa shape index (κ2) is 16.2. The maximum Gasteiger partial charge on any atom is 0.343 e. The smallest absolute Gasteiger partial charge is 0.343 e. The Balaban J connectivity index is 1.61. The highest BCUT2D eigenvalue weighted by molar-refractivity contribution is 7.80. The summed E-state index contributed by atoms with van der Waals surface area (Å²) in [6.45, 7) is 5.88. The van der Waals surface area contributed by atoms with E-state index in [1.807, 2.05) is 142 Å². The van der Waals surface area contributed by atoms with E-state index in [2.05, 4.69) is 0 Å². The zero-order valence-corrected chi connectivity index (χ0v) is 29.1. The van der Waals surface area contributed by atoms with Gasteiger partial charge in [-0.25, -0.2) is 0 Å². The van der Waals surface area contributed by atoms with Gasteiger partial charge < -0.3 is 22.8 Å². The molecule has 9 heteroatoms. The molecule has 7 nitrogen and oxygen atoms in total. The molecule has 0 saturated heterocycles. The van der Waals surface area contributed by atoms with E-state index in [-0.39, 0.29) is 32.8 Å². The van der Waals surface area contributed by atoms with Crippen LogP contribution >= 0.6 is 14.9 Å². The molecule has 0 amide bonds. The van der Waals surface area contributed by atoms with Crippen LogP contribution in [0.25, 0.3) is 0 Å². The topological polar surface area (TPSA) is 80.3 Å². The second-order valence-electron chi connectivity index (χ2n) is 12.5. The van der Waals surface area contributed by atoms with Crippen LogP contribution in [0.2, 0.25) is 0 Å². The van der Waals surface area contributed by atoms with Crippen molar-refractivity contribution >= 4 is 26.2 Å². The van der Waals surface area contributed by atoms with E-state index in [0.717, 1.165) is 40.4 Å². The Bertz CT molecular complexity index is 1570. The first kappa shape index (κ1) is 35.0. The number of ether oxygens (including phenoxy) is 1. The van der Waals surface area contributed by atoms with E-state index in [9.17, 15) is 4.79 Å². The number of carbonyl (C=O) groups excluding carboxylic acids is 1.